The predicted octanol–water partition coefficient (Wildman–Crippen LogP) is 4.60. The van der Waals surface area contributed by atoms with Gasteiger partial charge in [-0.3, -0.25) is 9.36 Å². The molecule has 0 saturated carbocycles. The minimum absolute atomic E-state index is 0.321. The van der Waals surface area contributed by atoms with Gasteiger partial charge in [0, 0.05) is 16.8 Å². The Hall–Kier alpha value is -0.640. The van der Waals surface area contributed by atoms with E-state index in [0.29, 0.717) is 18.3 Å². The minimum atomic E-state index is -2.59. The fraction of sp³-hybridized carbons (Fsp3) is 0.400. The molecule has 0 amide bonds. The second-order valence-electron chi connectivity index (χ2n) is 4.65. The molecule has 114 valence electrons. The van der Waals surface area contributed by atoms with E-state index in [2.05, 4.69) is 6.58 Å². The molecule has 1 aliphatic heterocycles. The molecule has 1 atom stereocenters. The topological polar surface area (TPSA) is 43.4 Å². The summed E-state index contributed by atoms with van der Waals surface area (Å²) in [5.74, 6) is 0.843. The van der Waals surface area contributed by atoms with Gasteiger partial charge in [-0.1, -0.05) is 59.7 Å². The first-order chi connectivity index (χ1) is 10.1. The summed E-state index contributed by atoms with van der Waals surface area (Å²) in [4.78, 5) is 12.3. The van der Waals surface area contributed by atoms with Gasteiger partial charge in [-0.15, -0.1) is 0 Å². The highest BCUT2D eigenvalue weighted by atomic mass is 33.1. The van der Waals surface area contributed by atoms with E-state index in [4.69, 9.17) is 4.74 Å². The molecule has 1 unspecified atom stereocenters. The number of carbonyl (C=O) groups excluding carboxylic acids is 1. The van der Waals surface area contributed by atoms with Gasteiger partial charge in [0.05, 0.1) is 12.5 Å². The van der Waals surface area contributed by atoms with Crippen LogP contribution in [0.2, 0.25) is 0 Å². The van der Waals surface area contributed by atoms with Gasteiger partial charge in [-0.05, 0) is 18.9 Å². The van der Waals surface area contributed by atoms with E-state index >= 15 is 0 Å². The van der Waals surface area contributed by atoms with Crippen molar-refractivity contribution in [1.29, 1.82) is 0 Å². The first kappa shape index (κ1) is 16.7. The first-order valence-corrected chi connectivity index (χ1v) is 11.7. The largest absolute Gasteiger partial charge is 0.466 e. The summed E-state index contributed by atoms with van der Waals surface area (Å²) in [6.07, 6.45) is 0.490. The molecule has 0 N–H and O–H groups in total. The molecule has 1 heterocycles. The van der Waals surface area contributed by atoms with E-state index in [1.807, 2.05) is 30.3 Å². The fourth-order valence-corrected chi connectivity index (χ4v) is 11.0. The highest BCUT2D eigenvalue weighted by Gasteiger charge is 2.39. The van der Waals surface area contributed by atoms with Crippen LogP contribution in [0.3, 0.4) is 0 Å². The number of carbonyl (C=O) groups is 1. The average molecular weight is 342 g/mol. The van der Waals surface area contributed by atoms with Crippen molar-refractivity contribution in [3.05, 3.63) is 47.8 Å². The monoisotopic (exact) mass is 342 g/mol. The Kier molecular flexibility index (Phi) is 6.03. The van der Waals surface area contributed by atoms with Crippen molar-refractivity contribution in [2.24, 2.45) is 5.92 Å². The Morgan fingerprint density at radius 3 is 2.52 bits per heavy atom. The Morgan fingerprint density at radius 1 is 1.33 bits per heavy atom. The van der Waals surface area contributed by atoms with Gasteiger partial charge in [0.25, 0.3) is 0 Å². The zero-order chi connectivity index (χ0) is 15.3. The zero-order valence-corrected chi connectivity index (χ0v) is 14.5. The Bertz CT molecular complexity index is 549. The number of hydrogen-bond donors (Lipinski definition) is 0. The van der Waals surface area contributed by atoms with Crippen molar-refractivity contribution in [3.63, 3.8) is 0 Å². The van der Waals surface area contributed by atoms with E-state index in [1.165, 1.54) is 22.8 Å². The van der Waals surface area contributed by atoms with Crippen LogP contribution in [0.25, 0.3) is 0 Å². The van der Waals surface area contributed by atoms with Gasteiger partial charge in [0.15, 0.2) is 0 Å². The molecule has 1 fully saturated rings. The van der Waals surface area contributed by atoms with Crippen molar-refractivity contribution >= 4 is 34.3 Å². The number of benzene rings is 1. The summed E-state index contributed by atoms with van der Waals surface area (Å²) < 4.78 is 18.0. The van der Waals surface area contributed by atoms with E-state index in [9.17, 15) is 9.36 Å². The molecule has 0 spiro atoms. The SMILES string of the molecule is C=C(C(Cc1ccccc1)C(=O)OCC)P1(=O)SCCS1. The molecule has 1 saturated heterocycles. The van der Waals surface area contributed by atoms with Crippen molar-refractivity contribution in [3.8, 4) is 0 Å². The standard InChI is InChI=1S/C15H19O3PS2/c1-3-18-15(16)14(11-13-7-5-4-6-8-13)12(2)19(17)20-9-10-21-19/h4-8,14H,2-3,9-11H2,1H3. The van der Waals surface area contributed by atoms with Gasteiger partial charge in [-0.25, -0.2) is 0 Å². The van der Waals surface area contributed by atoms with Crippen molar-refractivity contribution in [2.75, 3.05) is 18.1 Å². The van der Waals surface area contributed by atoms with Crippen molar-refractivity contribution < 1.29 is 14.1 Å². The first-order valence-electron chi connectivity index (χ1n) is 6.86. The van der Waals surface area contributed by atoms with Crippen molar-refractivity contribution in [1.82, 2.24) is 0 Å². The lowest BCUT2D eigenvalue weighted by Gasteiger charge is -2.21. The van der Waals surface area contributed by atoms with Crippen LogP contribution >= 0.6 is 28.3 Å². The van der Waals surface area contributed by atoms with Crippen LogP contribution in [0, 0.1) is 5.92 Å². The highest BCUT2D eigenvalue weighted by molar-refractivity contribution is 8.93. The third-order valence-corrected chi connectivity index (χ3v) is 12.4. The van der Waals surface area contributed by atoms with Gasteiger partial charge in [0.2, 0.25) is 5.55 Å². The lowest BCUT2D eigenvalue weighted by Crippen LogP contribution is -2.21. The van der Waals surface area contributed by atoms with E-state index in [0.717, 1.165) is 17.1 Å². The van der Waals surface area contributed by atoms with Crippen LogP contribution in [0.1, 0.15) is 12.5 Å². The van der Waals surface area contributed by atoms with Gasteiger partial charge in [-0.2, -0.15) is 0 Å². The summed E-state index contributed by atoms with van der Waals surface area (Å²) in [7, 11) is 0. The molecule has 1 aromatic carbocycles. The number of esters is 1. The zero-order valence-electron chi connectivity index (χ0n) is 12.0. The maximum absolute atomic E-state index is 12.9. The van der Waals surface area contributed by atoms with Crippen LogP contribution in [0.4, 0.5) is 0 Å². The minimum Gasteiger partial charge on any atom is -0.466 e. The molecule has 0 radical (unpaired) electrons. The summed E-state index contributed by atoms with van der Waals surface area (Å²) in [6.45, 7) is 6.10. The normalized spacial score (nSPS) is 18.1. The van der Waals surface area contributed by atoms with Gasteiger partial charge < -0.3 is 4.74 Å². The molecule has 1 aliphatic rings. The van der Waals surface area contributed by atoms with Crippen LogP contribution < -0.4 is 0 Å². The number of rotatable bonds is 6. The quantitative estimate of drug-likeness (QED) is 0.558. The fourth-order valence-electron chi connectivity index (χ4n) is 2.14. The van der Waals surface area contributed by atoms with E-state index < -0.39 is 11.5 Å². The number of hydrogen-bond acceptors (Lipinski definition) is 5. The molecule has 0 aromatic heterocycles. The lowest BCUT2D eigenvalue weighted by molar-refractivity contribution is -0.146. The Morgan fingerprint density at radius 2 is 1.95 bits per heavy atom. The summed E-state index contributed by atoms with van der Waals surface area (Å²) >= 11 is 2.88. The summed E-state index contributed by atoms with van der Waals surface area (Å²) in [6, 6.07) is 9.72. The van der Waals surface area contributed by atoms with Crippen molar-refractivity contribution in [2.45, 2.75) is 13.3 Å². The molecule has 6 heteroatoms. The molecule has 0 bridgehead atoms. The third-order valence-electron chi connectivity index (χ3n) is 3.21. The van der Waals surface area contributed by atoms with Gasteiger partial charge >= 0.3 is 5.97 Å². The molecular formula is C15H19O3PS2. The smallest absolute Gasteiger partial charge is 0.313 e. The predicted molar refractivity (Wildman–Crippen MR) is 91.9 cm³/mol. The second-order valence-corrected chi connectivity index (χ2v) is 12.9. The molecule has 0 aliphatic carbocycles. The van der Waals surface area contributed by atoms with Crippen LogP contribution in [-0.2, 0) is 20.5 Å². The number of ether oxygens (including phenoxy) is 1. The maximum atomic E-state index is 12.9. The Labute approximate surface area is 133 Å². The summed E-state index contributed by atoms with van der Waals surface area (Å²) in [5, 5.41) is 0.539. The lowest BCUT2D eigenvalue weighted by atomic mass is 9.99. The average Bonchev–Trinajstić information content (AvgIpc) is 2.93. The van der Waals surface area contributed by atoms with Crippen LogP contribution in [-0.4, -0.2) is 24.1 Å². The van der Waals surface area contributed by atoms with Gasteiger partial charge in [0.1, 0.15) is 0 Å². The molecular weight excluding hydrogens is 323 g/mol. The van der Waals surface area contributed by atoms with E-state index in [1.54, 1.807) is 6.92 Å². The molecule has 2 rings (SSSR count). The second kappa shape index (κ2) is 7.57. The van der Waals surface area contributed by atoms with E-state index in [-0.39, 0.29) is 5.97 Å². The molecule has 1 aromatic rings. The Balaban J connectivity index is 2.21. The third kappa shape index (κ3) is 4.18. The highest BCUT2D eigenvalue weighted by Crippen LogP contribution is 2.79. The van der Waals surface area contributed by atoms with Crippen LogP contribution in [0.5, 0.6) is 0 Å². The molecule has 21 heavy (non-hydrogen) atoms. The van der Waals surface area contributed by atoms with Crippen LogP contribution in [0.15, 0.2) is 42.2 Å². The maximum Gasteiger partial charge on any atom is 0.313 e. The summed E-state index contributed by atoms with van der Waals surface area (Å²) in [5.41, 5.74) is -1.57. The molecule has 3 nitrogen and oxygen atoms in total.